The average Bonchev–Trinajstić information content (AvgIpc) is 2.66. The van der Waals surface area contributed by atoms with E-state index in [0.29, 0.717) is 0 Å². The number of benzene rings is 1. The first-order chi connectivity index (χ1) is 12.8. The van der Waals surface area contributed by atoms with Crippen molar-refractivity contribution in [2.45, 2.75) is 70.3 Å². The van der Waals surface area contributed by atoms with Gasteiger partial charge in [-0.1, -0.05) is 89.3 Å². The van der Waals surface area contributed by atoms with Gasteiger partial charge in [-0.15, -0.1) is 0 Å². The van der Waals surface area contributed by atoms with Crippen molar-refractivity contribution in [1.29, 1.82) is 0 Å². The third kappa shape index (κ3) is 7.00. The van der Waals surface area contributed by atoms with Crippen LogP contribution in [0.5, 0.6) is 0 Å². The van der Waals surface area contributed by atoms with Gasteiger partial charge in [-0.25, -0.2) is 4.99 Å². The lowest BCUT2D eigenvalue weighted by Gasteiger charge is -2.26. The van der Waals surface area contributed by atoms with Crippen LogP contribution in [-0.2, 0) is 11.2 Å². The predicted octanol–water partition coefficient (Wildman–Crippen LogP) is 7.61. The standard InChI is InChI=1S/C23H32N2S2/c1-7-23(6,8-2)27-21(25-20-10-9-15-24-16-20)26-17-18-11-13-19(14-12-18)22(3,4)5/h9-16H,7-8,17H2,1-6H3. The Labute approximate surface area is 173 Å². The van der Waals surface area contributed by atoms with Gasteiger partial charge in [0.15, 0.2) is 0 Å². The molecule has 27 heavy (non-hydrogen) atoms. The third-order valence-electron chi connectivity index (χ3n) is 4.88. The highest BCUT2D eigenvalue weighted by Gasteiger charge is 2.23. The molecular weight excluding hydrogens is 368 g/mol. The molecule has 0 N–H and O–H groups in total. The molecule has 1 aromatic heterocycles. The van der Waals surface area contributed by atoms with Crippen molar-refractivity contribution < 1.29 is 0 Å². The summed E-state index contributed by atoms with van der Waals surface area (Å²) in [5.41, 5.74) is 3.82. The lowest BCUT2D eigenvalue weighted by Crippen LogP contribution is -2.19. The number of pyridine rings is 1. The fourth-order valence-electron chi connectivity index (χ4n) is 2.46. The lowest BCUT2D eigenvalue weighted by atomic mass is 9.87. The van der Waals surface area contributed by atoms with E-state index in [1.807, 2.05) is 41.9 Å². The molecule has 0 spiro atoms. The van der Waals surface area contributed by atoms with E-state index in [2.05, 4.69) is 70.8 Å². The minimum absolute atomic E-state index is 0.193. The summed E-state index contributed by atoms with van der Waals surface area (Å²) in [7, 11) is 0. The van der Waals surface area contributed by atoms with Crippen molar-refractivity contribution in [1.82, 2.24) is 4.98 Å². The molecule has 0 aliphatic rings. The van der Waals surface area contributed by atoms with E-state index in [-0.39, 0.29) is 10.2 Å². The summed E-state index contributed by atoms with van der Waals surface area (Å²) >= 11 is 3.72. The van der Waals surface area contributed by atoms with E-state index < -0.39 is 0 Å². The molecule has 4 heteroatoms. The first-order valence-corrected chi connectivity index (χ1v) is 11.5. The van der Waals surface area contributed by atoms with Crippen LogP contribution in [-0.4, -0.2) is 14.1 Å². The van der Waals surface area contributed by atoms with Crippen molar-refractivity contribution in [3.8, 4) is 0 Å². The number of rotatable bonds is 6. The number of aliphatic imine (C=N–C) groups is 1. The fraction of sp³-hybridized carbons (Fsp3) is 0.478. The average molecular weight is 401 g/mol. The number of thioether (sulfide) groups is 2. The summed E-state index contributed by atoms with van der Waals surface area (Å²) in [5.74, 6) is 0.931. The zero-order chi connectivity index (χ0) is 19.9. The molecule has 0 aliphatic carbocycles. The highest BCUT2D eigenvalue weighted by molar-refractivity contribution is 8.39. The Balaban J connectivity index is 2.15. The second-order valence-electron chi connectivity index (χ2n) is 8.08. The second-order valence-corrected chi connectivity index (χ2v) is 10.9. The summed E-state index contributed by atoms with van der Waals surface area (Å²) in [4.78, 5) is 9.09. The molecule has 0 bridgehead atoms. The van der Waals surface area contributed by atoms with E-state index in [1.165, 1.54) is 11.1 Å². The maximum atomic E-state index is 4.89. The monoisotopic (exact) mass is 400 g/mol. The minimum Gasteiger partial charge on any atom is -0.262 e. The molecule has 1 aromatic carbocycles. The Morgan fingerprint density at radius 1 is 1.00 bits per heavy atom. The summed E-state index contributed by atoms with van der Waals surface area (Å²) in [6.07, 6.45) is 5.87. The van der Waals surface area contributed by atoms with E-state index in [9.17, 15) is 0 Å². The van der Waals surface area contributed by atoms with Crippen molar-refractivity contribution in [3.63, 3.8) is 0 Å². The molecule has 2 nitrogen and oxygen atoms in total. The maximum absolute atomic E-state index is 4.89. The molecule has 0 saturated carbocycles. The Hall–Kier alpha value is -1.26. The van der Waals surface area contributed by atoms with Crippen LogP contribution in [0.1, 0.15) is 65.5 Å². The first kappa shape index (κ1) is 22.0. The van der Waals surface area contributed by atoms with Crippen LogP contribution < -0.4 is 0 Å². The van der Waals surface area contributed by atoms with Crippen LogP contribution in [0, 0.1) is 0 Å². The Kier molecular flexibility index (Phi) is 7.99. The molecule has 0 atom stereocenters. The zero-order valence-corrected chi connectivity index (χ0v) is 19.1. The molecule has 0 unspecified atom stereocenters. The molecule has 2 rings (SSSR count). The van der Waals surface area contributed by atoms with Gasteiger partial charge in [-0.05, 0) is 41.5 Å². The summed E-state index contributed by atoms with van der Waals surface area (Å²) in [6.45, 7) is 13.6. The van der Waals surface area contributed by atoms with Gasteiger partial charge in [-0.2, -0.15) is 0 Å². The largest absolute Gasteiger partial charge is 0.262 e. The number of nitrogens with zero attached hydrogens (tertiary/aromatic N) is 2. The SMILES string of the molecule is CCC(C)(CC)SC(=Nc1cccnc1)SCc1ccc(C(C)(C)C)cc1. The van der Waals surface area contributed by atoms with Crippen molar-refractivity contribution in [3.05, 3.63) is 59.9 Å². The zero-order valence-electron chi connectivity index (χ0n) is 17.5. The molecule has 1 heterocycles. The quantitative estimate of drug-likeness (QED) is 0.368. The van der Waals surface area contributed by atoms with Gasteiger partial charge in [0.25, 0.3) is 0 Å². The highest BCUT2D eigenvalue weighted by atomic mass is 32.2. The van der Waals surface area contributed by atoms with Crippen LogP contribution in [0.2, 0.25) is 0 Å². The van der Waals surface area contributed by atoms with Crippen LogP contribution >= 0.6 is 23.5 Å². The molecule has 0 saturated heterocycles. The van der Waals surface area contributed by atoms with E-state index in [4.69, 9.17) is 4.99 Å². The smallest absolute Gasteiger partial charge is 0.131 e. The van der Waals surface area contributed by atoms with E-state index in [0.717, 1.165) is 28.7 Å². The van der Waals surface area contributed by atoms with Gasteiger partial charge in [0, 0.05) is 16.7 Å². The Bertz CT molecular complexity index is 727. The molecule has 146 valence electrons. The van der Waals surface area contributed by atoms with Crippen molar-refractivity contribution in [2.24, 2.45) is 4.99 Å². The van der Waals surface area contributed by atoms with Gasteiger partial charge in [0.2, 0.25) is 0 Å². The van der Waals surface area contributed by atoms with Gasteiger partial charge < -0.3 is 0 Å². The van der Waals surface area contributed by atoms with Gasteiger partial charge >= 0.3 is 0 Å². The first-order valence-electron chi connectivity index (χ1n) is 9.65. The number of hydrogen-bond acceptors (Lipinski definition) is 4. The normalized spacial score (nSPS) is 13.0. The van der Waals surface area contributed by atoms with Crippen LogP contribution in [0.25, 0.3) is 0 Å². The number of hydrogen-bond donors (Lipinski definition) is 0. The second kappa shape index (κ2) is 9.79. The molecule has 0 amide bonds. The van der Waals surface area contributed by atoms with Gasteiger partial charge in [0.1, 0.15) is 4.38 Å². The molecule has 0 fully saturated rings. The molecule has 0 radical (unpaired) electrons. The Morgan fingerprint density at radius 2 is 1.67 bits per heavy atom. The molecular formula is C23H32N2S2. The fourth-order valence-corrected chi connectivity index (χ4v) is 4.99. The van der Waals surface area contributed by atoms with Gasteiger partial charge in [0.05, 0.1) is 11.9 Å². The number of aromatic nitrogens is 1. The third-order valence-corrected chi connectivity index (χ3v) is 7.63. The van der Waals surface area contributed by atoms with Crippen LogP contribution in [0.3, 0.4) is 0 Å². The van der Waals surface area contributed by atoms with Crippen LogP contribution in [0.15, 0.2) is 53.8 Å². The lowest BCUT2D eigenvalue weighted by molar-refractivity contribution is 0.590. The highest BCUT2D eigenvalue weighted by Crippen LogP contribution is 2.38. The van der Waals surface area contributed by atoms with Crippen LogP contribution in [0.4, 0.5) is 5.69 Å². The van der Waals surface area contributed by atoms with Crippen molar-refractivity contribution in [2.75, 3.05) is 0 Å². The van der Waals surface area contributed by atoms with E-state index >= 15 is 0 Å². The summed E-state index contributed by atoms with van der Waals surface area (Å²) in [5, 5.41) is 0. The summed E-state index contributed by atoms with van der Waals surface area (Å²) < 4.78 is 1.33. The maximum Gasteiger partial charge on any atom is 0.131 e. The van der Waals surface area contributed by atoms with E-state index in [1.54, 1.807) is 6.20 Å². The van der Waals surface area contributed by atoms with Crippen molar-refractivity contribution >= 4 is 33.6 Å². The minimum atomic E-state index is 0.193. The summed E-state index contributed by atoms with van der Waals surface area (Å²) in [6, 6.07) is 13.0. The predicted molar refractivity (Wildman–Crippen MR) is 124 cm³/mol. The molecule has 0 aliphatic heterocycles. The van der Waals surface area contributed by atoms with Gasteiger partial charge in [-0.3, -0.25) is 4.98 Å². The topological polar surface area (TPSA) is 25.2 Å². The molecule has 2 aromatic rings. The Morgan fingerprint density at radius 3 is 2.19 bits per heavy atom.